The Kier molecular flexibility index (Phi) is 7.45. The summed E-state index contributed by atoms with van der Waals surface area (Å²) < 4.78 is 6.90. The van der Waals surface area contributed by atoms with E-state index in [1.165, 1.54) is 18.4 Å². The van der Waals surface area contributed by atoms with Gasteiger partial charge in [0.05, 0.1) is 17.6 Å². The molecule has 0 aliphatic heterocycles. The molecule has 210 valence electrons. The average molecular weight is 552 g/mol. The number of fused-ring (bicyclic) bond motifs is 1. The molecule has 0 unspecified atom stereocenters. The highest BCUT2D eigenvalue weighted by molar-refractivity contribution is 5.96. The predicted octanol–water partition coefficient (Wildman–Crippen LogP) is 5.52. The Bertz CT molecular complexity index is 1670. The highest BCUT2D eigenvalue weighted by Gasteiger charge is 2.24. The second-order valence-electron chi connectivity index (χ2n) is 11.5. The Hall–Kier alpha value is -4.78. The van der Waals surface area contributed by atoms with Crippen LogP contribution in [0.25, 0.3) is 10.9 Å². The van der Waals surface area contributed by atoms with Crippen molar-refractivity contribution in [2.45, 2.75) is 72.1 Å². The van der Waals surface area contributed by atoms with E-state index >= 15 is 0 Å². The van der Waals surface area contributed by atoms with E-state index in [4.69, 9.17) is 4.74 Å². The maximum atomic E-state index is 13.1. The Morgan fingerprint density at radius 3 is 2.63 bits per heavy atom. The lowest BCUT2D eigenvalue weighted by Gasteiger charge is -2.20. The molecular formula is C31H33N7O3. The van der Waals surface area contributed by atoms with Crippen LogP contribution in [0.2, 0.25) is 0 Å². The highest BCUT2D eigenvalue weighted by atomic mass is 16.6. The molecule has 0 spiro atoms. The number of hydrogen-bond donors (Lipinski definition) is 2. The second kappa shape index (κ2) is 11.0. The monoisotopic (exact) mass is 551 g/mol. The van der Waals surface area contributed by atoms with E-state index < -0.39 is 17.6 Å². The van der Waals surface area contributed by atoms with Gasteiger partial charge < -0.3 is 10.1 Å². The Balaban J connectivity index is 1.26. The molecule has 0 atom stereocenters. The summed E-state index contributed by atoms with van der Waals surface area (Å²) in [5.41, 5.74) is 5.17. The minimum absolute atomic E-state index is 0.0597. The number of amides is 2. The van der Waals surface area contributed by atoms with Gasteiger partial charge in [-0.3, -0.25) is 19.8 Å². The van der Waals surface area contributed by atoms with Gasteiger partial charge in [-0.15, -0.1) is 0 Å². The zero-order valence-corrected chi connectivity index (χ0v) is 23.9. The molecule has 4 aromatic rings. The molecule has 1 aliphatic carbocycles. The summed E-state index contributed by atoms with van der Waals surface area (Å²) in [7, 11) is 0. The third kappa shape index (κ3) is 6.69. The number of hydrogen-bond acceptors (Lipinski definition) is 7. The van der Waals surface area contributed by atoms with E-state index in [1.54, 1.807) is 44.6 Å². The van der Waals surface area contributed by atoms with Gasteiger partial charge >= 0.3 is 6.09 Å². The van der Waals surface area contributed by atoms with Crippen LogP contribution in [0.15, 0.2) is 42.7 Å². The molecule has 1 fully saturated rings. The van der Waals surface area contributed by atoms with Crippen LogP contribution in [0.3, 0.4) is 0 Å². The largest absolute Gasteiger partial charge is 0.444 e. The number of nitriles is 1. The fourth-order valence-corrected chi connectivity index (χ4v) is 4.74. The Morgan fingerprint density at radius 2 is 1.95 bits per heavy atom. The van der Waals surface area contributed by atoms with Gasteiger partial charge in [-0.1, -0.05) is 6.07 Å². The fourth-order valence-electron chi connectivity index (χ4n) is 4.74. The number of aryl methyl sites for hydroxylation is 2. The molecule has 0 radical (unpaired) electrons. The van der Waals surface area contributed by atoms with Crippen molar-refractivity contribution >= 4 is 28.7 Å². The summed E-state index contributed by atoms with van der Waals surface area (Å²) in [4.78, 5) is 34.2. The first-order valence-corrected chi connectivity index (χ1v) is 13.6. The number of pyridine rings is 2. The number of nitrogens with one attached hydrogen (secondary N) is 2. The minimum atomic E-state index is -0.624. The van der Waals surface area contributed by atoms with E-state index in [2.05, 4.69) is 37.8 Å². The van der Waals surface area contributed by atoms with E-state index in [9.17, 15) is 14.9 Å². The predicted molar refractivity (Wildman–Crippen MR) is 154 cm³/mol. The van der Waals surface area contributed by atoms with E-state index in [0.717, 1.165) is 27.6 Å². The Morgan fingerprint density at radius 1 is 1.17 bits per heavy atom. The van der Waals surface area contributed by atoms with Crippen LogP contribution in [0.1, 0.15) is 83.5 Å². The quantitative estimate of drug-likeness (QED) is 0.309. The van der Waals surface area contributed by atoms with Crippen molar-refractivity contribution < 1.29 is 14.3 Å². The van der Waals surface area contributed by atoms with Gasteiger partial charge in [-0.05, 0) is 99.9 Å². The zero-order valence-electron chi connectivity index (χ0n) is 23.9. The molecule has 5 rings (SSSR count). The number of ether oxygens (including phenoxy) is 1. The Labute approximate surface area is 238 Å². The molecule has 1 aromatic carbocycles. The number of benzene rings is 1. The summed E-state index contributed by atoms with van der Waals surface area (Å²) in [6, 6.07) is 12.0. The third-order valence-electron chi connectivity index (χ3n) is 6.88. The van der Waals surface area contributed by atoms with Crippen molar-refractivity contribution in [3.05, 3.63) is 81.9 Å². The van der Waals surface area contributed by atoms with Crippen molar-refractivity contribution in [2.75, 3.05) is 5.32 Å². The van der Waals surface area contributed by atoms with Gasteiger partial charge in [-0.2, -0.15) is 10.4 Å². The first-order chi connectivity index (χ1) is 19.5. The number of rotatable bonds is 7. The van der Waals surface area contributed by atoms with E-state index in [-0.39, 0.29) is 17.8 Å². The number of carbonyl (C=O) groups is 2. The van der Waals surface area contributed by atoms with Gasteiger partial charge in [0.15, 0.2) is 5.69 Å². The van der Waals surface area contributed by atoms with Crippen molar-refractivity contribution in [1.82, 2.24) is 25.1 Å². The molecule has 2 amide bonds. The standard InChI is InChI=1S/C31H33N7O3/c1-18-10-28(36-30(40)41-31(3,4)5)35-19(2)24(18)15-34-29(39)25-17-38(37-27(25)13-32)16-20-6-9-26-22(11-20)12-23(14-33-26)21-7-8-21/h6,9-12,14,17,21H,7-8,15-16H2,1-5H3,(H,34,39)(H,35,36,40). The molecule has 0 saturated heterocycles. The molecule has 10 heteroatoms. The summed E-state index contributed by atoms with van der Waals surface area (Å²) in [6.45, 7) is 9.66. The molecule has 3 heterocycles. The summed E-state index contributed by atoms with van der Waals surface area (Å²) >= 11 is 0. The first kappa shape index (κ1) is 27.8. The van der Waals surface area contributed by atoms with Gasteiger partial charge in [-0.25, -0.2) is 9.78 Å². The normalized spacial score (nSPS) is 13.1. The average Bonchev–Trinajstić information content (AvgIpc) is 3.66. The second-order valence-corrected chi connectivity index (χ2v) is 11.5. The smallest absolute Gasteiger partial charge is 0.413 e. The summed E-state index contributed by atoms with van der Waals surface area (Å²) in [5, 5.41) is 20.6. The molecule has 10 nitrogen and oxygen atoms in total. The van der Waals surface area contributed by atoms with Crippen molar-refractivity contribution in [3.8, 4) is 6.07 Å². The van der Waals surface area contributed by atoms with Crippen LogP contribution in [-0.4, -0.2) is 37.3 Å². The van der Waals surface area contributed by atoms with Crippen LogP contribution in [-0.2, 0) is 17.8 Å². The van der Waals surface area contributed by atoms with E-state index in [0.29, 0.717) is 24.0 Å². The first-order valence-electron chi connectivity index (χ1n) is 13.6. The summed E-state index contributed by atoms with van der Waals surface area (Å²) in [6.07, 6.45) is 5.41. The van der Waals surface area contributed by atoms with Crippen LogP contribution >= 0.6 is 0 Å². The van der Waals surface area contributed by atoms with Crippen LogP contribution in [0.4, 0.5) is 10.6 Å². The van der Waals surface area contributed by atoms with Crippen molar-refractivity contribution in [1.29, 1.82) is 5.26 Å². The maximum absolute atomic E-state index is 13.1. The molecule has 1 aliphatic rings. The van der Waals surface area contributed by atoms with Gasteiger partial charge in [0.25, 0.3) is 5.91 Å². The van der Waals surface area contributed by atoms with Gasteiger partial charge in [0, 0.05) is 30.0 Å². The topological polar surface area (TPSA) is 135 Å². The van der Waals surface area contributed by atoms with Crippen LogP contribution in [0.5, 0.6) is 0 Å². The minimum Gasteiger partial charge on any atom is -0.444 e. The third-order valence-corrected chi connectivity index (χ3v) is 6.88. The van der Waals surface area contributed by atoms with Crippen molar-refractivity contribution in [3.63, 3.8) is 0 Å². The molecule has 0 bridgehead atoms. The molecule has 1 saturated carbocycles. The molecule has 41 heavy (non-hydrogen) atoms. The highest BCUT2D eigenvalue weighted by Crippen LogP contribution is 2.40. The molecule has 3 aromatic heterocycles. The lowest BCUT2D eigenvalue weighted by molar-refractivity contribution is 0.0635. The fraction of sp³-hybridized carbons (Fsp3) is 0.355. The van der Waals surface area contributed by atoms with Gasteiger partial charge in [0.2, 0.25) is 0 Å². The lowest BCUT2D eigenvalue weighted by Crippen LogP contribution is -2.28. The van der Waals surface area contributed by atoms with E-state index in [1.807, 2.05) is 31.3 Å². The molecule has 2 N–H and O–H groups in total. The number of anilines is 1. The summed E-state index contributed by atoms with van der Waals surface area (Å²) in [5.74, 6) is 0.584. The molecular weight excluding hydrogens is 518 g/mol. The lowest BCUT2D eigenvalue weighted by atomic mass is 10.1. The SMILES string of the molecule is Cc1cc(NC(=O)OC(C)(C)C)nc(C)c1CNC(=O)c1cn(Cc2ccc3ncc(C4CC4)cc3c2)nc1C#N. The van der Waals surface area contributed by atoms with Gasteiger partial charge in [0.1, 0.15) is 17.5 Å². The van der Waals surface area contributed by atoms with Crippen LogP contribution < -0.4 is 10.6 Å². The number of carbonyl (C=O) groups excluding carboxylic acids is 2. The number of aromatic nitrogens is 4. The zero-order chi connectivity index (χ0) is 29.3. The van der Waals surface area contributed by atoms with Crippen molar-refractivity contribution in [2.24, 2.45) is 0 Å². The maximum Gasteiger partial charge on any atom is 0.413 e. The number of nitrogens with zero attached hydrogens (tertiary/aromatic N) is 5. The van der Waals surface area contributed by atoms with Crippen LogP contribution in [0, 0.1) is 25.2 Å².